The van der Waals surface area contributed by atoms with Gasteiger partial charge in [-0.25, -0.2) is 19.4 Å². The highest BCUT2D eigenvalue weighted by Gasteiger charge is 2.36. The second-order valence-electron chi connectivity index (χ2n) is 9.86. The van der Waals surface area contributed by atoms with Crippen LogP contribution in [0.3, 0.4) is 0 Å². The molecular weight excluding hydrogens is 567 g/mol. The molecule has 41 heavy (non-hydrogen) atoms. The van der Waals surface area contributed by atoms with Crippen LogP contribution in [0.2, 0.25) is 0 Å². The highest BCUT2D eigenvalue weighted by Crippen LogP contribution is 2.35. The number of amides is 1. The molecule has 7 rings (SSSR count). The summed E-state index contributed by atoms with van der Waals surface area (Å²) in [5, 5.41) is 3.36. The molecule has 0 fully saturated rings. The van der Waals surface area contributed by atoms with Gasteiger partial charge in [0.1, 0.15) is 23.7 Å². The lowest BCUT2D eigenvalue weighted by atomic mass is 9.80. The van der Waals surface area contributed by atoms with Crippen LogP contribution in [-0.4, -0.2) is 48.4 Å². The van der Waals surface area contributed by atoms with Gasteiger partial charge in [-0.1, -0.05) is 67.6 Å². The number of benzene rings is 3. The Morgan fingerprint density at radius 3 is 2.37 bits per heavy atom. The van der Waals surface area contributed by atoms with Crippen molar-refractivity contribution in [1.82, 2.24) is 0 Å². The van der Waals surface area contributed by atoms with Crippen LogP contribution >= 0.6 is 12.4 Å². The molecular formula is C30H24ClFN4O4S. The maximum atomic E-state index is 13.5. The molecule has 0 spiro atoms. The highest BCUT2D eigenvalue weighted by atomic mass is 35.5. The van der Waals surface area contributed by atoms with E-state index in [1.165, 1.54) is 35.6 Å². The lowest BCUT2D eigenvalue weighted by Crippen LogP contribution is -2.35. The monoisotopic (exact) mass is 590 g/mol. The second kappa shape index (κ2) is 11.0. The molecule has 0 saturated carbocycles. The molecule has 0 radical (unpaired) electrons. The van der Waals surface area contributed by atoms with Crippen LogP contribution in [0.25, 0.3) is 29.0 Å². The van der Waals surface area contributed by atoms with Gasteiger partial charge in [0.05, 0.1) is 0 Å². The van der Waals surface area contributed by atoms with Crippen molar-refractivity contribution in [1.29, 1.82) is 0 Å². The fourth-order valence-electron chi connectivity index (χ4n) is 5.52. The minimum atomic E-state index is -4.29. The first kappa shape index (κ1) is 28.4. The van der Waals surface area contributed by atoms with E-state index < -0.39 is 21.3 Å². The van der Waals surface area contributed by atoms with Crippen LogP contribution in [0.1, 0.15) is 36.0 Å². The zero-order valence-electron chi connectivity index (χ0n) is 21.7. The predicted octanol–water partition coefficient (Wildman–Crippen LogP) is 3.85. The van der Waals surface area contributed by atoms with Crippen LogP contribution in [0.15, 0.2) is 74.6 Å². The minimum Gasteiger partial charge on any atom is -0.285 e. The van der Waals surface area contributed by atoms with Gasteiger partial charge in [0.25, 0.3) is 10.1 Å². The van der Waals surface area contributed by atoms with E-state index in [2.05, 4.69) is 57.3 Å². The summed E-state index contributed by atoms with van der Waals surface area (Å²) >= 11 is 0. The van der Waals surface area contributed by atoms with Crippen LogP contribution in [-0.2, 0) is 14.9 Å². The first-order chi connectivity index (χ1) is 19.2. The van der Waals surface area contributed by atoms with Gasteiger partial charge in [0, 0.05) is 5.92 Å². The van der Waals surface area contributed by atoms with Gasteiger partial charge in [0.2, 0.25) is 0 Å². The number of aliphatic imine (C=N–C) groups is 4. The predicted molar refractivity (Wildman–Crippen MR) is 163 cm³/mol. The minimum absolute atomic E-state index is 0. The number of allylic oxidation sites excluding steroid dienone is 1. The van der Waals surface area contributed by atoms with Gasteiger partial charge < -0.3 is 0 Å². The maximum Gasteiger partial charge on any atom is 0.301 e. The number of halogens is 2. The van der Waals surface area contributed by atoms with Crippen molar-refractivity contribution in [2.45, 2.75) is 24.5 Å². The van der Waals surface area contributed by atoms with Crippen molar-refractivity contribution in [3.8, 4) is 0 Å². The normalized spacial score (nSPS) is 21.6. The van der Waals surface area contributed by atoms with Crippen LogP contribution in [0, 0.1) is 11.7 Å². The molecule has 3 aromatic rings. The Balaban J connectivity index is 0.000000258. The van der Waals surface area contributed by atoms with E-state index in [4.69, 9.17) is 0 Å². The summed E-state index contributed by atoms with van der Waals surface area (Å²) in [6.07, 6.45) is 11.1. The molecule has 0 saturated heterocycles. The number of rotatable bonds is 2. The Labute approximate surface area is 241 Å². The maximum absolute atomic E-state index is 13.5. The quantitative estimate of drug-likeness (QED) is 0.456. The number of amidine groups is 1. The number of carbonyl (C=O) groups excluding carboxylic acids is 1. The molecule has 1 amide bonds. The molecule has 208 valence electrons. The van der Waals surface area contributed by atoms with Crippen LogP contribution < -0.4 is 10.4 Å². The molecule has 1 N–H and O–H groups in total. The van der Waals surface area contributed by atoms with E-state index in [1.54, 1.807) is 12.1 Å². The van der Waals surface area contributed by atoms with Gasteiger partial charge in [-0.15, -0.1) is 12.4 Å². The van der Waals surface area contributed by atoms with Crippen molar-refractivity contribution in [3.63, 3.8) is 0 Å². The molecule has 8 nitrogen and oxygen atoms in total. The standard InChI is InChI=1S/C25H21FO3S.C5H2N4O.ClH/c1-15-2-3-16-6-9-19-20-12-13-24(30(27,28)29)25(17-4-7-18(26)8-5-17)22(20)11-10-21(19)23(16)14-15;10-5-3-4(7-1-6-3)8-2-9-5;/h2-12,14-15,24-25H,13H2,1H3,(H,27,28,29);1-2H;1H. The average molecular weight is 591 g/mol. The van der Waals surface area contributed by atoms with E-state index in [0.717, 1.165) is 21.6 Å². The molecule has 3 aromatic carbocycles. The van der Waals surface area contributed by atoms with Crippen molar-refractivity contribution >= 4 is 81.7 Å². The summed E-state index contributed by atoms with van der Waals surface area (Å²) in [7, 11) is -4.29. The zero-order chi connectivity index (χ0) is 28.0. The number of hydrogen-bond donors (Lipinski definition) is 1. The Hall–Kier alpha value is -4.12. The summed E-state index contributed by atoms with van der Waals surface area (Å²) in [5.74, 6) is -0.613. The summed E-state index contributed by atoms with van der Waals surface area (Å²) in [6.45, 7) is 2.14. The van der Waals surface area contributed by atoms with Gasteiger partial charge in [0.15, 0.2) is 11.5 Å². The third-order valence-corrected chi connectivity index (χ3v) is 8.60. The summed E-state index contributed by atoms with van der Waals surface area (Å²) in [4.78, 5) is 25.3. The Kier molecular flexibility index (Phi) is 7.65. The van der Waals surface area contributed by atoms with Crippen molar-refractivity contribution in [2.24, 2.45) is 25.9 Å². The topological polar surface area (TPSA) is 121 Å². The molecule has 4 aliphatic rings. The number of hydrogen-bond acceptors (Lipinski definition) is 6. The fraction of sp³-hybridized carbons (Fsp3) is 0.167. The van der Waals surface area contributed by atoms with Crippen molar-refractivity contribution < 1.29 is 22.2 Å². The molecule has 3 unspecified atom stereocenters. The Bertz CT molecular complexity index is 1960. The van der Waals surface area contributed by atoms with Gasteiger partial charge in [-0.2, -0.15) is 13.4 Å². The lowest BCUT2D eigenvalue weighted by molar-refractivity contribution is -0.111. The SMILES string of the molecule is CC1C=Cc2ccc3c4c(ccc3c2=C1)C(c1ccc(F)cc1)C(S(=O)(=O)O)CC=4.Cl.O=C1N=CN=C2N=CN=C12. The van der Waals surface area contributed by atoms with E-state index >= 15 is 0 Å². The van der Waals surface area contributed by atoms with E-state index in [0.29, 0.717) is 17.3 Å². The van der Waals surface area contributed by atoms with Gasteiger partial charge in [-0.3, -0.25) is 9.35 Å². The first-order valence-electron chi connectivity index (χ1n) is 12.6. The lowest BCUT2D eigenvalue weighted by Gasteiger charge is -2.29. The third kappa shape index (κ3) is 5.33. The van der Waals surface area contributed by atoms with Gasteiger partial charge >= 0.3 is 5.91 Å². The first-order valence-corrected chi connectivity index (χ1v) is 14.1. The number of fused-ring (bicyclic) bond motifs is 6. The highest BCUT2D eigenvalue weighted by molar-refractivity contribution is 7.86. The zero-order valence-corrected chi connectivity index (χ0v) is 23.3. The fourth-order valence-corrected chi connectivity index (χ4v) is 6.51. The largest absolute Gasteiger partial charge is 0.301 e. The molecule has 2 aliphatic heterocycles. The van der Waals surface area contributed by atoms with E-state index in [1.807, 2.05) is 18.2 Å². The summed E-state index contributed by atoms with van der Waals surface area (Å²) in [6, 6.07) is 14.0. The third-order valence-electron chi connectivity index (χ3n) is 7.37. The van der Waals surface area contributed by atoms with E-state index in [-0.39, 0.29) is 36.3 Å². The molecule has 2 heterocycles. The molecule has 3 atom stereocenters. The smallest absolute Gasteiger partial charge is 0.285 e. The van der Waals surface area contributed by atoms with Gasteiger partial charge in [-0.05, 0) is 62.4 Å². The summed E-state index contributed by atoms with van der Waals surface area (Å²) in [5.41, 5.74) is 2.92. The van der Waals surface area contributed by atoms with E-state index in [9.17, 15) is 22.2 Å². The molecule has 0 bridgehead atoms. The molecule has 11 heteroatoms. The second-order valence-corrected chi connectivity index (χ2v) is 11.5. The van der Waals surface area contributed by atoms with Crippen molar-refractivity contribution in [2.75, 3.05) is 0 Å². The Morgan fingerprint density at radius 2 is 1.63 bits per heavy atom. The summed E-state index contributed by atoms with van der Waals surface area (Å²) < 4.78 is 47.8. The number of nitrogens with zero attached hydrogens (tertiary/aromatic N) is 4. The average Bonchev–Trinajstić information content (AvgIpc) is 3.43. The Morgan fingerprint density at radius 1 is 0.927 bits per heavy atom. The number of carbonyl (C=O) groups is 1. The van der Waals surface area contributed by atoms with Crippen molar-refractivity contribution in [3.05, 3.63) is 87.6 Å². The molecule has 2 aliphatic carbocycles. The molecule has 0 aromatic heterocycles. The van der Waals surface area contributed by atoms with Crippen LogP contribution in [0.5, 0.6) is 0 Å². The van der Waals surface area contributed by atoms with Crippen LogP contribution in [0.4, 0.5) is 4.39 Å².